The third-order valence-corrected chi connectivity index (χ3v) is 5.34. The molecule has 6 nitrogen and oxygen atoms in total. The smallest absolute Gasteiger partial charge is 0.362 e. The van der Waals surface area contributed by atoms with Crippen molar-refractivity contribution in [1.82, 2.24) is 15.3 Å². The summed E-state index contributed by atoms with van der Waals surface area (Å²) in [5, 5.41) is 2.92. The van der Waals surface area contributed by atoms with Crippen LogP contribution < -0.4 is 15.1 Å². The van der Waals surface area contributed by atoms with Crippen molar-refractivity contribution in [2.45, 2.75) is 25.6 Å². The van der Waals surface area contributed by atoms with E-state index in [2.05, 4.69) is 15.3 Å². The Balaban J connectivity index is 1.56. The summed E-state index contributed by atoms with van der Waals surface area (Å²) in [7, 11) is 3.79. The molecule has 3 heterocycles. The highest BCUT2D eigenvalue weighted by atomic mass is 35.5. The van der Waals surface area contributed by atoms with Gasteiger partial charge in [-0.1, -0.05) is 17.7 Å². The van der Waals surface area contributed by atoms with E-state index in [0.717, 1.165) is 23.6 Å². The molecule has 0 unspecified atom stereocenters. The van der Waals surface area contributed by atoms with Crippen molar-refractivity contribution in [3.05, 3.63) is 46.7 Å². The van der Waals surface area contributed by atoms with E-state index in [1.54, 1.807) is 6.20 Å². The van der Waals surface area contributed by atoms with E-state index in [1.807, 2.05) is 36.0 Å². The van der Waals surface area contributed by atoms with Gasteiger partial charge in [0, 0.05) is 57.6 Å². The van der Waals surface area contributed by atoms with E-state index < -0.39 is 11.7 Å². The molecule has 1 amide bonds. The molecular weight excluding hydrogens is 419 g/mol. The summed E-state index contributed by atoms with van der Waals surface area (Å²) in [6.45, 7) is 1.37. The van der Waals surface area contributed by atoms with Crippen molar-refractivity contribution in [1.29, 1.82) is 0 Å². The Morgan fingerprint density at radius 2 is 2.00 bits per heavy atom. The minimum absolute atomic E-state index is 0.0412. The van der Waals surface area contributed by atoms with Gasteiger partial charge in [-0.3, -0.25) is 4.79 Å². The number of pyridine rings is 2. The Bertz CT molecular complexity index is 898. The van der Waals surface area contributed by atoms with E-state index in [0.29, 0.717) is 38.3 Å². The number of hydrogen-bond acceptors (Lipinski definition) is 5. The molecule has 0 aliphatic carbocycles. The molecule has 0 radical (unpaired) electrons. The predicted molar refractivity (Wildman–Crippen MR) is 110 cm³/mol. The molecule has 1 N–H and O–H groups in total. The van der Waals surface area contributed by atoms with Gasteiger partial charge in [0.05, 0.1) is 10.6 Å². The second-order valence-corrected chi connectivity index (χ2v) is 7.79. The lowest BCUT2D eigenvalue weighted by Crippen LogP contribution is -2.41. The summed E-state index contributed by atoms with van der Waals surface area (Å²) >= 11 is 6.03. The Hall–Kier alpha value is -2.55. The van der Waals surface area contributed by atoms with Gasteiger partial charge >= 0.3 is 6.18 Å². The molecule has 0 bridgehead atoms. The maximum Gasteiger partial charge on any atom is 0.417 e. The third-order valence-electron chi connectivity index (χ3n) is 5.06. The van der Waals surface area contributed by atoms with E-state index in [9.17, 15) is 18.0 Å². The molecule has 10 heteroatoms. The maximum absolute atomic E-state index is 12.8. The molecule has 1 aliphatic heterocycles. The molecule has 1 fully saturated rings. The molecule has 0 spiro atoms. The van der Waals surface area contributed by atoms with Crippen LogP contribution in [0.5, 0.6) is 0 Å². The maximum atomic E-state index is 12.8. The number of carbonyl (C=O) groups excluding carboxylic acids is 1. The summed E-state index contributed by atoms with van der Waals surface area (Å²) in [4.78, 5) is 24.5. The molecule has 1 aliphatic rings. The van der Waals surface area contributed by atoms with E-state index in [1.165, 1.54) is 0 Å². The lowest BCUT2D eigenvalue weighted by molar-refractivity contribution is -0.137. The van der Waals surface area contributed by atoms with Crippen molar-refractivity contribution in [3.8, 4) is 0 Å². The molecule has 162 valence electrons. The zero-order chi connectivity index (χ0) is 21.9. The number of amides is 1. The van der Waals surface area contributed by atoms with Crippen LogP contribution in [0.2, 0.25) is 5.02 Å². The van der Waals surface area contributed by atoms with Gasteiger partial charge in [0.25, 0.3) is 0 Å². The molecular formula is C20H23ClF3N5O. The van der Waals surface area contributed by atoms with Crippen LogP contribution in [0.15, 0.2) is 30.6 Å². The highest BCUT2D eigenvalue weighted by molar-refractivity contribution is 6.33. The lowest BCUT2D eigenvalue weighted by Gasteiger charge is -2.32. The number of hydrogen-bond donors (Lipinski definition) is 1. The first-order chi connectivity index (χ1) is 14.2. The Labute approximate surface area is 178 Å². The minimum atomic E-state index is -4.49. The van der Waals surface area contributed by atoms with Gasteiger partial charge in [0.2, 0.25) is 5.91 Å². The Morgan fingerprint density at radius 1 is 1.30 bits per heavy atom. The van der Waals surface area contributed by atoms with Crippen molar-refractivity contribution >= 4 is 29.1 Å². The number of rotatable bonds is 5. The predicted octanol–water partition coefficient (Wildman–Crippen LogP) is 3.75. The number of carbonyl (C=O) groups is 1. The van der Waals surface area contributed by atoms with E-state index in [4.69, 9.17) is 11.6 Å². The summed E-state index contributed by atoms with van der Waals surface area (Å²) in [6.07, 6.45) is -0.856. The highest BCUT2D eigenvalue weighted by Crippen LogP contribution is 2.34. The van der Waals surface area contributed by atoms with Gasteiger partial charge in [-0.15, -0.1) is 0 Å². The van der Waals surface area contributed by atoms with Crippen LogP contribution >= 0.6 is 11.6 Å². The quantitative estimate of drug-likeness (QED) is 0.765. The average molecular weight is 442 g/mol. The summed E-state index contributed by atoms with van der Waals surface area (Å²) in [5.41, 5.74) is 0.0482. The van der Waals surface area contributed by atoms with E-state index >= 15 is 0 Å². The molecule has 0 saturated carbocycles. The second kappa shape index (κ2) is 9.07. The van der Waals surface area contributed by atoms with Gasteiger partial charge in [-0.2, -0.15) is 13.2 Å². The van der Waals surface area contributed by atoms with Crippen LogP contribution in [0.1, 0.15) is 24.0 Å². The van der Waals surface area contributed by atoms with Crippen LogP contribution in [0, 0.1) is 5.92 Å². The Kier molecular flexibility index (Phi) is 6.70. The number of aromatic nitrogens is 2. The lowest BCUT2D eigenvalue weighted by atomic mass is 9.95. The molecule has 2 aromatic heterocycles. The number of alkyl halides is 3. The van der Waals surface area contributed by atoms with Crippen LogP contribution in [0.4, 0.5) is 24.8 Å². The molecule has 0 aromatic carbocycles. The monoisotopic (exact) mass is 441 g/mol. The van der Waals surface area contributed by atoms with Gasteiger partial charge in [0.15, 0.2) is 0 Å². The molecule has 3 rings (SSSR count). The van der Waals surface area contributed by atoms with Crippen molar-refractivity contribution in [3.63, 3.8) is 0 Å². The molecule has 2 aromatic rings. The highest BCUT2D eigenvalue weighted by Gasteiger charge is 2.33. The van der Waals surface area contributed by atoms with Gasteiger partial charge < -0.3 is 15.1 Å². The normalized spacial score (nSPS) is 15.2. The number of halogens is 4. The number of nitrogens with one attached hydrogen (secondary N) is 1. The number of piperidine rings is 1. The van der Waals surface area contributed by atoms with Gasteiger partial charge in [-0.25, -0.2) is 9.97 Å². The fourth-order valence-corrected chi connectivity index (χ4v) is 3.76. The first-order valence-corrected chi connectivity index (χ1v) is 9.91. The SMILES string of the molecule is CN(C)c1ncccc1CNC(=O)C1CCN(c2ncc(C(F)(F)F)cc2Cl)CC1. The zero-order valence-corrected chi connectivity index (χ0v) is 17.5. The first-order valence-electron chi connectivity index (χ1n) is 9.53. The minimum Gasteiger partial charge on any atom is -0.362 e. The number of nitrogens with zero attached hydrogens (tertiary/aromatic N) is 4. The van der Waals surface area contributed by atoms with Crippen LogP contribution in [-0.2, 0) is 17.5 Å². The fourth-order valence-electron chi connectivity index (χ4n) is 3.47. The fraction of sp³-hybridized carbons (Fsp3) is 0.450. The molecule has 1 saturated heterocycles. The standard InChI is InChI=1S/C20H23ClF3N5O/c1-28(2)17-14(4-3-7-25-17)11-27-19(30)13-5-8-29(9-6-13)18-16(21)10-15(12-26-18)20(22,23)24/h3-4,7,10,12-13H,5-6,8-9,11H2,1-2H3,(H,27,30). The number of anilines is 2. The van der Waals surface area contributed by atoms with Crippen molar-refractivity contribution < 1.29 is 18.0 Å². The topological polar surface area (TPSA) is 61.4 Å². The first kappa shape index (κ1) is 22.1. The summed E-state index contributed by atoms with van der Waals surface area (Å²) in [6, 6.07) is 4.64. The third kappa shape index (κ3) is 5.13. The largest absolute Gasteiger partial charge is 0.417 e. The van der Waals surface area contributed by atoms with Gasteiger partial charge in [-0.05, 0) is 25.0 Å². The average Bonchev–Trinajstić information content (AvgIpc) is 2.71. The summed E-state index contributed by atoms with van der Waals surface area (Å²) in [5.74, 6) is 0.897. The van der Waals surface area contributed by atoms with Crippen molar-refractivity contribution in [2.75, 3.05) is 37.0 Å². The van der Waals surface area contributed by atoms with Gasteiger partial charge in [0.1, 0.15) is 11.6 Å². The van der Waals surface area contributed by atoms with Crippen LogP contribution in [0.25, 0.3) is 0 Å². The summed E-state index contributed by atoms with van der Waals surface area (Å²) < 4.78 is 38.3. The molecule has 0 atom stereocenters. The van der Waals surface area contributed by atoms with Crippen molar-refractivity contribution in [2.24, 2.45) is 5.92 Å². The second-order valence-electron chi connectivity index (χ2n) is 7.39. The van der Waals surface area contributed by atoms with Crippen LogP contribution in [-0.4, -0.2) is 43.1 Å². The Morgan fingerprint density at radius 3 is 2.60 bits per heavy atom. The van der Waals surface area contributed by atoms with E-state index in [-0.39, 0.29) is 16.8 Å². The van der Waals surface area contributed by atoms with Crippen LogP contribution in [0.3, 0.4) is 0 Å². The molecule has 30 heavy (non-hydrogen) atoms. The zero-order valence-electron chi connectivity index (χ0n) is 16.7.